The van der Waals surface area contributed by atoms with Crippen molar-refractivity contribution >= 4 is 29.5 Å². The van der Waals surface area contributed by atoms with Gasteiger partial charge in [0.05, 0.1) is 11.1 Å². The molecule has 2 saturated heterocycles. The van der Waals surface area contributed by atoms with Crippen LogP contribution >= 0.6 is 0 Å². The van der Waals surface area contributed by atoms with Gasteiger partial charge in [-0.05, 0) is 49.6 Å². The Hall–Kier alpha value is -4.05. The lowest BCUT2D eigenvalue weighted by molar-refractivity contribution is -0.136. The first-order valence-corrected chi connectivity index (χ1v) is 12.5. The molecule has 0 radical (unpaired) electrons. The summed E-state index contributed by atoms with van der Waals surface area (Å²) in [7, 11) is 0. The molecule has 10 nitrogen and oxygen atoms in total. The average molecular weight is 505 g/mol. The topological polar surface area (TPSA) is 125 Å². The Bertz CT molecular complexity index is 1240. The molecule has 10 heteroatoms. The molecule has 1 unspecified atom stereocenters. The van der Waals surface area contributed by atoms with Crippen LogP contribution in [0.1, 0.15) is 56.8 Å². The van der Waals surface area contributed by atoms with Gasteiger partial charge in [0.2, 0.25) is 11.8 Å². The first kappa shape index (κ1) is 24.6. The fourth-order valence-corrected chi connectivity index (χ4v) is 4.99. The first-order valence-electron chi connectivity index (χ1n) is 12.5. The number of imide groups is 2. The van der Waals surface area contributed by atoms with E-state index in [1.54, 1.807) is 18.2 Å². The van der Waals surface area contributed by atoms with Crippen molar-refractivity contribution < 1.29 is 28.7 Å². The van der Waals surface area contributed by atoms with Crippen LogP contribution in [0.4, 0.5) is 0 Å². The number of benzene rings is 2. The number of piperidine rings is 2. The van der Waals surface area contributed by atoms with E-state index in [2.05, 4.69) is 15.5 Å². The lowest BCUT2D eigenvalue weighted by atomic mass is 10.0. The van der Waals surface area contributed by atoms with E-state index in [0.717, 1.165) is 30.8 Å². The van der Waals surface area contributed by atoms with E-state index >= 15 is 0 Å². The summed E-state index contributed by atoms with van der Waals surface area (Å²) in [6.07, 6.45) is 1.90. The van der Waals surface area contributed by atoms with Gasteiger partial charge < -0.3 is 10.1 Å². The normalized spacial score (nSPS) is 20.5. The van der Waals surface area contributed by atoms with Crippen LogP contribution in [0, 0.1) is 0 Å². The van der Waals surface area contributed by atoms with E-state index in [1.807, 2.05) is 18.2 Å². The zero-order valence-corrected chi connectivity index (χ0v) is 20.3. The number of carbonyl (C=O) groups is 5. The lowest BCUT2D eigenvalue weighted by Gasteiger charge is -2.32. The fourth-order valence-electron chi connectivity index (χ4n) is 4.99. The van der Waals surface area contributed by atoms with Crippen LogP contribution in [0.3, 0.4) is 0 Å². The van der Waals surface area contributed by atoms with Gasteiger partial charge in [0.1, 0.15) is 18.4 Å². The predicted molar refractivity (Wildman–Crippen MR) is 132 cm³/mol. The quantitative estimate of drug-likeness (QED) is 0.546. The number of nitrogens with zero attached hydrogens (tertiary/aromatic N) is 2. The molecule has 2 N–H and O–H groups in total. The molecule has 3 heterocycles. The summed E-state index contributed by atoms with van der Waals surface area (Å²) in [6, 6.07) is 13.0. The molecule has 1 atom stereocenters. The highest BCUT2D eigenvalue weighted by molar-refractivity contribution is 6.23. The maximum atomic E-state index is 13.0. The highest BCUT2D eigenvalue weighted by Crippen LogP contribution is 2.30. The van der Waals surface area contributed by atoms with Gasteiger partial charge in [-0.15, -0.1) is 0 Å². The molecule has 3 aliphatic heterocycles. The third-order valence-electron chi connectivity index (χ3n) is 7.05. The zero-order chi connectivity index (χ0) is 25.9. The summed E-state index contributed by atoms with van der Waals surface area (Å²) in [5.74, 6) is -1.72. The van der Waals surface area contributed by atoms with Crippen molar-refractivity contribution in [1.29, 1.82) is 0 Å². The van der Waals surface area contributed by atoms with Crippen LogP contribution in [0.25, 0.3) is 0 Å². The number of ether oxygens (including phenoxy) is 1. The fraction of sp³-hybridized carbons (Fsp3) is 0.370. The van der Waals surface area contributed by atoms with Crippen LogP contribution in [0.15, 0.2) is 48.5 Å². The van der Waals surface area contributed by atoms with Gasteiger partial charge >= 0.3 is 0 Å². The highest BCUT2D eigenvalue weighted by atomic mass is 16.5. The summed E-state index contributed by atoms with van der Waals surface area (Å²) in [5, 5.41) is 5.29. The van der Waals surface area contributed by atoms with Crippen molar-refractivity contribution in [3.05, 3.63) is 65.2 Å². The molecular weight excluding hydrogens is 476 g/mol. The number of hydrogen-bond acceptors (Lipinski definition) is 7. The lowest BCUT2D eigenvalue weighted by Crippen LogP contribution is -2.54. The minimum Gasteiger partial charge on any atom is -0.492 e. The number of hydrogen-bond donors (Lipinski definition) is 2. The third-order valence-corrected chi connectivity index (χ3v) is 7.05. The highest BCUT2D eigenvalue weighted by Gasteiger charge is 2.44. The summed E-state index contributed by atoms with van der Waals surface area (Å²) in [4.78, 5) is 65.0. The summed E-state index contributed by atoms with van der Waals surface area (Å²) in [6.45, 7) is 2.76. The molecular formula is C27H28N4O6. The van der Waals surface area contributed by atoms with Crippen molar-refractivity contribution in [3.8, 4) is 5.75 Å². The van der Waals surface area contributed by atoms with Crippen molar-refractivity contribution in [2.45, 2.75) is 37.8 Å². The molecule has 37 heavy (non-hydrogen) atoms. The Balaban J connectivity index is 1.10. The van der Waals surface area contributed by atoms with E-state index in [0.29, 0.717) is 24.5 Å². The number of likely N-dealkylation sites (tertiary alicyclic amines) is 1. The number of amides is 5. The average Bonchev–Trinajstić information content (AvgIpc) is 3.15. The van der Waals surface area contributed by atoms with Gasteiger partial charge in [-0.3, -0.25) is 39.1 Å². The second-order valence-corrected chi connectivity index (χ2v) is 9.46. The summed E-state index contributed by atoms with van der Waals surface area (Å²) in [5.41, 5.74) is 1.08. The third kappa shape index (κ3) is 5.24. The van der Waals surface area contributed by atoms with Crippen LogP contribution < -0.4 is 15.4 Å². The smallest absolute Gasteiger partial charge is 0.262 e. The van der Waals surface area contributed by atoms with Crippen LogP contribution in [-0.4, -0.2) is 77.7 Å². The van der Waals surface area contributed by atoms with Crippen molar-refractivity contribution in [2.24, 2.45) is 0 Å². The number of nitrogens with one attached hydrogen (secondary N) is 2. The Morgan fingerprint density at radius 2 is 1.68 bits per heavy atom. The predicted octanol–water partition coefficient (Wildman–Crippen LogP) is 1.36. The van der Waals surface area contributed by atoms with Crippen LogP contribution in [0.5, 0.6) is 5.75 Å². The van der Waals surface area contributed by atoms with Crippen LogP contribution in [-0.2, 0) is 9.59 Å². The largest absolute Gasteiger partial charge is 0.492 e. The molecule has 0 bridgehead atoms. The molecule has 5 amide bonds. The molecule has 0 aromatic heterocycles. The molecule has 5 rings (SSSR count). The van der Waals surface area contributed by atoms with Gasteiger partial charge in [-0.25, -0.2) is 0 Å². The van der Waals surface area contributed by atoms with Crippen molar-refractivity contribution in [3.63, 3.8) is 0 Å². The Labute approximate surface area is 213 Å². The summed E-state index contributed by atoms with van der Waals surface area (Å²) >= 11 is 0. The van der Waals surface area contributed by atoms with Gasteiger partial charge in [0, 0.05) is 37.7 Å². The number of rotatable bonds is 7. The monoisotopic (exact) mass is 504 g/mol. The SMILES string of the molecule is O=C1CCC(N2C(=O)c3ccc(OCCN4CCC(NC(=O)c5ccccc5)CC4)cc3C2=O)C(=O)N1. The molecule has 0 saturated carbocycles. The Kier molecular flexibility index (Phi) is 7.00. The molecule has 2 aromatic rings. The van der Waals surface area contributed by atoms with Crippen molar-refractivity contribution in [2.75, 3.05) is 26.2 Å². The molecule has 0 spiro atoms. The zero-order valence-electron chi connectivity index (χ0n) is 20.3. The first-order chi connectivity index (χ1) is 17.9. The molecule has 2 fully saturated rings. The maximum Gasteiger partial charge on any atom is 0.262 e. The van der Waals surface area contributed by atoms with E-state index in [1.165, 1.54) is 12.1 Å². The maximum absolute atomic E-state index is 13.0. The van der Waals surface area contributed by atoms with Gasteiger partial charge in [0.25, 0.3) is 17.7 Å². The minimum atomic E-state index is -0.991. The van der Waals surface area contributed by atoms with E-state index in [4.69, 9.17) is 4.74 Å². The molecule has 2 aromatic carbocycles. The minimum absolute atomic E-state index is 0.0526. The van der Waals surface area contributed by atoms with E-state index in [-0.39, 0.29) is 35.9 Å². The Morgan fingerprint density at radius 3 is 2.41 bits per heavy atom. The molecule has 0 aliphatic carbocycles. The van der Waals surface area contributed by atoms with Crippen molar-refractivity contribution in [1.82, 2.24) is 20.4 Å². The van der Waals surface area contributed by atoms with Gasteiger partial charge in [-0.2, -0.15) is 0 Å². The van der Waals surface area contributed by atoms with Crippen LogP contribution in [0.2, 0.25) is 0 Å². The second-order valence-electron chi connectivity index (χ2n) is 9.46. The molecule has 3 aliphatic rings. The van der Waals surface area contributed by atoms with Gasteiger partial charge in [0.15, 0.2) is 0 Å². The number of carbonyl (C=O) groups excluding carboxylic acids is 5. The molecule has 192 valence electrons. The second kappa shape index (κ2) is 10.5. The standard InChI is InChI=1S/C27H28N4O6/c32-23-9-8-22(25(34)29-23)31-26(35)20-7-6-19(16-21(20)27(31)36)37-15-14-30-12-10-18(11-13-30)28-24(33)17-4-2-1-3-5-17/h1-7,16,18,22H,8-15H2,(H,28,33)(H,29,32,34). The van der Waals surface area contributed by atoms with E-state index < -0.39 is 29.7 Å². The summed E-state index contributed by atoms with van der Waals surface area (Å²) < 4.78 is 5.87. The number of fused-ring (bicyclic) bond motifs is 1. The Morgan fingerprint density at radius 1 is 0.946 bits per heavy atom. The van der Waals surface area contributed by atoms with E-state index in [9.17, 15) is 24.0 Å². The van der Waals surface area contributed by atoms with Gasteiger partial charge in [-0.1, -0.05) is 18.2 Å².